The van der Waals surface area contributed by atoms with Gasteiger partial charge in [0.05, 0.1) is 13.7 Å². The Morgan fingerprint density at radius 2 is 2.24 bits per heavy atom. The molecular formula is C11H13N3O3. The predicted molar refractivity (Wildman–Crippen MR) is 60.6 cm³/mol. The molecular weight excluding hydrogens is 222 g/mol. The number of phenols is 1. The smallest absolute Gasteiger partial charge is 0.240 e. The summed E-state index contributed by atoms with van der Waals surface area (Å²) in [6.07, 6.45) is 0. The molecule has 17 heavy (non-hydrogen) atoms. The quantitative estimate of drug-likeness (QED) is 0.830. The van der Waals surface area contributed by atoms with Crippen LogP contribution in [0.15, 0.2) is 16.7 Å². The van der Waals surface area contributed by atoms with E-state index in [1.165, 1.54) is 7.11 Å². The summed E-state index contributed by atoms with van der Waals surface area (Å²) in [7, 11) is 1.51. The molecule has 0 amide bonds. The second-order valence-electron chi connectivity index (χ2n) is 3.52. The van der Waals surface area contributed by atoms with E-state index in [1.54, 1.807) is 19.1 Å². The van der Waals surface area contributed by atoms with Crippen molar-refractivity contribution < 1.29 is 14.4 Å². The van der Waals surface area contributed by atoms with Gasteiger partial charge in [0, 0.05) is 0 Å². The van der Waals surface area contributed by atoms with Gasteiger partial charge < -0.3 is 20.1 Å². The fourth-order valence-corrected chi connectivity index (χ4v) is 1.50. The average Bonchev–Trinajstić information content (AvgIpc) is 2.80. The van der Waals surface area contributed by atoms with Gasteiger partial charge >= 0.3 is 0 Å². The molecule has 3 N–H and O–H groups in total. The summed E-state index contributed by atoms with van der Waals surface area (Å²) >= 11 is 0. The molecule has 0 aliphatic carbocycles. The molecule has 0 unspecified atom stereocenters. The number of nitrogens with zero attached hydrogens (tertiary/aromatic N) is 2. The highest BCUT2D eigenvalue weighted by molar-refractivity contribution is 5.72. The third-order valence-corrected chi connectivity index (χ3v) is 2.43. The summed E-state index contributed by atoms with van der Waals surface area (Å²) in [6, 6.07) is 3.49. The maximum atomic E-state index is 10.0. The second kappa shape index (κ2) is 4.42. The number of hydrogen-bond donors (Lipinski definition) is 2. The molecule has 0 spiro atoms. The van der Waals surface area contributed by atoms with Crippen LogP contribution in [0.2, 0.25) is 0 Å². The molecule has 0 fully saturated rings. The third kappa shape index (κ3) is 1.94. The van der Waals surface area contributed by atoms with Crippen molar-refractivity contribution in [3.05, 3.63) is 23.6 Å². The zero-order chi connectivity index (χ0) is 12.4. The lowest BCUT2D eigenvalue weighted by atomic mass is 10.1. The van der Waals surface area contributed by atoms with Crippen LogP contribution in [-0.4, -0.2) is 22.4 Å². The molecule has 0 aliphatic heterocycles. The Bertz CT molecular complexity index is 537. The van der Waals surface area contributed by atoms with Gasteiger partial charge in [0.25, 0.3) is 0 Å². The molecule has 0 saturated carbocycles. The first-order valence-electron chi connectivity index (χ1n) is 5.07. The fourth-order valence-electron chi connectivity index (χ4n) is 1.50. The van der Waals surface area contributed by atoms with Gasteiger partial charge in [0.2, 0.25) is 11.7 Å². The van der Waals surface area contributed by atoms with Gasteiger partial charge in [-0.15, -0.1) is 0 Å². The molecule has 0 saturated heterocycles. The standard InChI is InChI=1S/C11H13N3O3/c1-6-3-4-7(16-2)9(10(6)15)11-13-8(5-12)17-14-11/h3-4,15H,5,12H2,1-2H3. The van der Waals surface area contributed by atoms with Crippen molar-refractivity contribution in [1.29, 1.82) is 0 Å². The number of ether oxygens (including phenoxy) is 1. The SMILES string of the molecule is COc1ccc(C)c(O)c1-c1noc(CN)n1. The minimum Gasteiger partial charge on any atom is -0.507 e. The Morgan fingerprint density at radius 1 is 1.47 bits per heavy atom. The van der Waals surface area contributed by atoms with Crippen molar-refractivity contribution in [1.82, 2.24) is 10.1 Å². The van der Waals surface area contributed by atoms with Crippen LogP contribution in [0.3, 0.4) is 0 Å². The van der Waals surface area contributed by atoms with Crippen LogP contribution in [-0.2, 0) is 6.54 Å². The molecule has 0 aliphatic rings. The van der Waals surface area contributed by atoms with E-state index in [-0.39, 0.29) is 18.1 Å². The zero-order valence-corrected chi connectivity index (χ0v) is 9.60. The summed E-state index contributed by atoms with van der Waals surface area (Å²) in [5.41, 5.74) is 6.51. The van der Waals surface area contributed by atoms with Crippen LogP contribution in [0.4, 0.5) is 0 Å². The molecule has 2 rings (SSSR count). The van der Waals surface area contributed by atoms with Crippen molar-refractivity contribution in [3.63, 3.8) is 0 Å². The molecule has 1 aromatic carbocycles. The van der Waals surface area contributed by atoms with E-state index in [9.17, 15) is 5.11 Å². The van der Waals surface area contributed by atoms with Crippen molar-refractivity contribution in [2.45, 2.75) is 13.5 Å². The van der Waals surface area contributed by atoms with Crippen LogP contribution in [0.5, 0.6) is 11.5 Å². The largest absolute Gasteiger partial charge is 0.507 e. The van der Waals surface area contributed by atoms with Gasteiger partial charge in [-0.3, -0.25) is 0 Å². The normalized spacial score (nSPS) is 10.5. The van der Waals surface area contributed by atoms with Crippen LogP contribution in [0.25, 0.3) is 11.4 Å². The topological polar surface area (TPSA) is 94.4 Å². The first-order chi connectivity index (χ1) is 8.17. The van der Waals surface area contributed by atoms with Crippen molar-refractivity contribution >= 4 is 0 Å². The van der Waals surface area contributed by atoms with Gasteiger partial charge in [0.1, 0.15) is 17.1 Å². The molecule has 6 heteroatoms. The molecule has 6 nitrogen and oxygen atoms in total. The summed E-state index contributed by atoms with van der Waals surface area (Å²) in [5.74, 6) is 1.14. The molecule has 0 atom stereocenters. The predicted octanol–water partition coefficient (Wildman–Crippen LogP) is 1.22. The first-order valence-corrected chi connectivity index (χ1v) is 5.07. The van der Waals surface area contributed by atoms with Gasteiger partial charge in [-0.25, -0.2) is 0 Å². The summed E-state index contributed by atoms with van der Waals surface area (Å²) in [4.78, 5) is 4.07. The summed E-state index contributed by atoms with van der Waals surface area (Å²) in [6.45, 7) is 1.93. The highest BCUT2D eigenvalue weighted by Gasteiger charge is 2.18. The maximum absolute atomic E-state index is 10.0. The van der Waals surface area contributed by atoms with Crippen LogP contribution in [0.1, 0.15) is 11.5 Å². The lowest BCUT2D eigenvalue weighted by Gasteiger charge is -2.08. The lowest BCUT2D eigenvalue weighted by Crippen LogP contribution is -1.96. The van der Waals surface area contributed by atoms with E-state index in [4.69, 9.17) is 15.0 Å². The Balaban J connectivity index is 2.60. The van der Waals surface area contributed by atoms with E-state index in [2.05, 4.69) is 10.1 Å². The van der Waals surface area contributed by atoms with Gasteiger partial charge in [-0.2, -0.15) is 4.98 Å². The van der Waals surface area contributed by atoms with E-state index >= 15 is 0 Å². The number of aromatic nitrogens is 2. The Morgan fingerprint density at radius 3 is 2.82 bits per heavy atom. The molecule has 0 radical (unpaired) electrons. The van der Waals surface area contributed by atoms with Crippen molar-refractivity contribution in [2.24, 2.45) is 5.73 Å². The average molecular weight is 235 g/mol. The number of phenolic OH excluding ortho intramolecular Hbond substituents is 1. The zero-order valence-electron chi connectivity index (χ0n) is 9.60. The van der Waals surface area contributed by atoms with Gasteiger partial charge in [-0.05, 0) is 18.6 Å². The summed E-state index contributed by atoms with van der Waals surface area (Å²) < 4.78 is 10.1. The molecule has 1 aromatic heterocycles. The van der Waals surface area contributed by atoms with Gasteiger partial charge in [-0.1, -0.05) is 11.2 Å². The molecule has 1 heterocycles. The minimum absolute atomic E-state index is 0.0775. The van der Waals surface area contributed by atoms with E-state index in [0.717, 1.165) is 0 Å². The Kier molecular flexibility index (Phi) is 2.97. The summed E-state index contributed by atoms with van der Waals surface area (Å²) in [5, 5.41) is 13.8. The van der Waals surface area contributed by atoms with Gasteiger partial charge in [0.15, 0.2) is 0 Å². The van der Waals surface area contributed by atoms with Crippen LogP contribution < -0.4 is 10.5 Å². The van der Waals surface area contributed by atoms with Crippen LogP contribution in [0, 0.1) is 6.92 Å². The Hall–Kier alpha value is -2.08. The molecule has 90 valence electrons. The lowest BCUT2D eigenvalue weighted by molar-refractivity contribution is 0.379. The first kappa shape index (κ1) is 11.4. The van der Waals surface area contributed by atoms with E-state index in [1.807, 2.05) is 0 Å². The number of hydrogen-bond acceptors (Lipinski definition) is 6. The third-order valence-electron chi connectivity index (χ3n) is 2.43. The van der Waals surface area contributed by atoms with Crippen LogP contribution >= 0.6 is 0 Å². The number of aryl methyl sites for hydroxylation is 1. The molecule has 0 bridgehead atoms. The maximum Gasteiger partial charge on any atom is 0.240 e. The van der Waals surface area contributed by atoms with E-state index < -0.39 is 0 Å². The minimum atomic E-state index is 0.0775. The van der Waals surface area contributed by atoms with E-state index in [0.29, 0.717) is 22.8 Å². The second-order valence-corrected chi connectivity index (χ2v) is 3.52. The number of nitrogens with two attached hydrogens (primary N) is 1. The molecule has 2 aromatic rings. The highest BCUT2D eigenvalue weighted by atomic mass is 16.5. The number of aromatic hydroxyl groups is 1. The monoisotopic (exact) mass is 235 g/mol. The highest BCUT2D eigenvalue weighted by Crippen LogP contribution is 2.38. The van der Waals surface area contributed by atoms with Crippen molar-refractivity contribution in [2.75, 3.05) is 7.11 Å². The fraction of sp³-hybridized carbons (Fsp3) is 0.273. The Labute approximate surface area is 98.0 Å². The number of rotatable bonds is 3. The number of methoxy groups -OCH3 is 1. The number of benzene rings is 1. The van der Waals surface area contributed by atoms with Crippen molar-refractivity contribution in [3.8, 4) is 22.9 Å².